The number of benzene rings is 2. The zero-order chi connectivity index (χ0) is 17.1. The van der Waals surface area contributed by atoms with Crippen molar-refractivity contribution in [2.24, 2.45) is 7.05 Å². The van der Waals surface area contributed by atoms with Crippen LogP contribution in [0.25, 0.3) is 11.3 Å². The lowest BCUT2D eigenvalue weighted by atomic mass is 10.1. The van der Waals surface area contributed by atoms with E-state index in [1.807, 2.05) is 50.5 Å². The number of non-ortho nitro benzene ring substituents is 1. The monoisotopic (exact) mass is 322 g/mol. The predicted octanol–water partition coefficient (Wildman–Crippen LogP) is 3.92. The average Bonchev–Trinajstić information content (AvgIpc) is 2.95. The lowest BCUT2D eigenvalue weighted by Crippen LogP contribution is -2.02. The first-order valence-corrected chi connectivity index (χ1v) is 7.61. The summed E-state index contributed by atoms with van der Waals surface area (Å²) in [5, 5.41) is 18.7. The number of aromatic nitrogens is 2. The maximum atomic E-state index is 10.8. The quantitative estimate of drug-likeness (QED) is 0.571. The summed E-state index contributed by atoms with van der Waals surface area (Å²) in [5.74, 6) is 0. The fourth-order valence-electron chi connectivity index (χ4n) is 2.66. The van der Waals surface area contributed by atoms with Gasteiger partial charge in [-0.3, -0.25) is 14.8 Å². The van der Waals surface area contributed by atoms with Gasteiger partial charge in [-0.15, -0.1) is 0 Å². The standard InChI is InChI=1S/C18H18N4O2/c1-13-10-16(22(23)24)8-9-17(13)19-11-15-12-21(2)20-18(15)14-6-4-3-5-7-14/h3-10,12,19H,11H2,1-2H3. The van der Waals surface area contributed by atoms with Gasteiger partial charge < -0.3 is 5.32 Å². The molecular formula is C18H18N4O2. The highest BCUT2D eigenvalue weighted by atomic mass is 16.6. The number of aryl methyl sites for hydroxylation is 2. The third kappa shape index (κ3) is 3.27. The molecule has 2 aromatic carbocycles. The largest absolute Gasteiger partial charge is 0.381 e. The molecule has 0 radical (unpaired) electrons. The number of nitrogens with zero attached hydrogens (tertiary/aromatic N) is 3. The van der Waals surface area contributed by atoms with Crippen LogP contribution in [0.3, 0.4) is 0 Å². The Morgan fingerprint density at radius 2 is 1.96 bits per heavy atom. The van der Waals surface area contributed by atoms with Crippen LogP contribution in [0.5, 0.6) is 0 Å². The highest BCUT2D eigenvalue weighted by Gasteiger charge is 2.11. The molecule has 0 amide bonds. The van der Waals surface area contributed by atoms with E-state index in [1.165, 1.54) is 6.07 Å². The van der Waals surface area contributed by atoms with Gasteiger partial charge in [0, 0.05) is 48.7 Å². The summed E-state index contributed by atoms with van der Waals surface area (Å²) in [6.07, 6.45) is 1.98. The highest BCUT2D eigenvalue weighted by Crippen LogP contribution is 2.25. The molecule has 3 rings (SSSR count). The lowest BCUT2D eigenvalue weighted by molar-refractivity contribution is -0.384. The van der Waals surface area contributed by atoms with Crippen LogP contribution in [-0.2, 0) is 13.6 Å². The topological polar surface area (TPSA) is 73.0 Å². The molecule has 6 heteroatoms. The van der Waals surface area contributed by atoms with E-state index in [2.05, 4.69) is 10.4 Å². The summed E-state index contributed by atoms with van der Waals surface area (Å²) < 4.78 is 1.79. The van der Waals surface area contributed by atoms with Crippen molar-refractivity contribution in [1.29, 1.82) is 0 Å². The van der Waals surface area contributed by atoms with Crippen LogP contribution < -0.4 is 5.32 Å². The second-order valence-corrected chi connectivity index (χ2v) is 5.65. The van der Waals surface area contributed by atoms with E-state index in [0.717, 1.165) is 28.1 Å². The Bertz CT molecular complexity index is 872. The summed E-state index contributed by atoms with van der Waals surface area (Å²) in [6.45, 7) is 2.45. The molecule has 0 fully saturated rings. The van der Waals surface area contributed by atoms with Gasteiger partial charge in [-0.25, -0.2) is 0 Å². The first kappa shape index (κ1) is 15.7. The normalized spacial score (nSPS) is 10.6. The molecule has 3 aromatic rings. The summed E-state index contributed by atoms with van der Waals surface area (Å²) >= 11 is 0. The molecule has 0 bridgehead atoms. The Hall–Kier alpha value is -3.15. The summed E-state index contributed by atoms with van der Waals surface area (Å²) in [7, 11) is 1.90. The van der Waals surface area contributed by atoms with E-state index in [4.69, 9.17) is 0 Å². The fraction of sp³-hybridized carbons (Fsp3) is 0.167. The number of rotatable bonds is 5. The maximum Gasteiger partial charge on any atom is 0.269 e. The third-order valence-corrected chi connectivity index (χ3v) is 3.84. The SMILES string of the molecule is Cc1cc([N+](=O)[O-])ccc1NCc1cn(C)nc1-c1ccccc1. The minimum Gasteiger partial charge on any atom is -0.381 e. The predicted molar refractivity (Wildman–Crippen MR) is 93.8 cm³/mol. The molecule has 0 unspecified atom stereocenters. The zero-order valence-electron chi connectivity index (χ0n) is 13.6. The molecule has 122 valence electrons. The van der Waals surface area contributed by atoms with Crippen molar-refractivity contribution in [3.8, 4) is 11.3 Å². The number of hydrogen-bond donors (Lipinski definition) is 1. The molecule has 0 saturated carbocycles. The Kier molecular flexibility index (Phi) is 4.29. The zero-order valence-corrected chi connectivity index (χ0v) is 13.6. The second kappa shape index (κ2) is 6.54. The van der Waals surface area contributed by atoms with Crippen molar-refractivity contribution >= 4 is 11.4 Å². The van der Waals surface area contributed by atoms with Crippen molar-refractivity contribution in [2.75, 3.05) is 5.32 Å². The van der Waals surface area contributed by atoms with Gasteiger partial charge in [0.2, 0.25) is 0 Å². The van der Waals surface area contributed by atoms with Gasteiger partial charge in [-0.2, -0.15) is 5.10 Å². The van der Waals surface area contributed by atoms with Gasteiger partial charge in [0.15, 0.2) is 0 Å². The Morgan fingerprint density at radius 3 is 2.62 bits per heavy atom. The molecule has 1 heterocycles. The molecule has 0 aliphatic rings. The minimum absolute atomic E-state index is 0.101. The van der Waals surface area contributed by atoms with E-state index in [1.54, 1.807) is 16.8 Å². The van der Waals surface area contributed by atoms with Gasteiger partial charge in [0.1, 0.15) is 0 Å². The first-order chi connectivity index (χ1) is 11.5. The average molecular weight is 322 g/mol. The van der Waals surface area contributed by atoms with Gasteiger partial charge in [0.25, 0.3) is 5.69 Å². The van der Waals surface area contributed by atoms with Gasteiger partial charge in [0.05, 0.1) is 10.6 Å². The minimum atomic E-state index is -0.384. The number of nitro benzene ring substituents is 1. The second-order valence-electron chi connectivity index (χ2n) is 5.65. The van der Waals surface area contributed by atoms with E-state index in [9.17, 15) is 10.1 Å². The van der Waals surface area contributed by atoms with Crippen molar-refractivity contribution < 1.29 is 4.92 Å². The number of anilines is 1. The number of hydrogen-bond acceptors (Lipinski definition) is 4. The van der Waals surface area contributed by atoms with Gasteiger partial charge in [-0.1, -0.05) is 30.3 Å². The van der Waals surface area contributed by atoms with Gasteiger partial charge >= 0.3 is 0 Å². The Balaban J connectivity index is 1.82. The maximum absolute atomic E-state index is 10.8. The van der Waals surface area contributed by atoms with E-state index >= 15 is 0 Å². The van der Waals surface area contributed by atoms with Crippen molar-refractivity contribution in [2.45, 2.75) is 13.5 Å². The van der Waals surface area contributed by atoms with Crippen molar-refractivity contribution in [3.63, 3.8) is 0 Å². The number of nitro groups is 1. The molecule has 0 aliphatic heterocycles. The molecule has 0 aliphatic carbocycles. The van der Waals surface area contributed by atoms with E-state index in [-0.39, 0.29) is 10.6 Å². The van der Waals surface area contributed by atoms with Crippen molar-refractivity contribution in [3.05, 3.63) is 76.0 Å². The van der Waals surface area contributed by atoms with Gasteiger partial charge in [-0.05, 0) is 18.6 Å². The molecule has 0 saturated heterocycles. The van der Waals surface area contributed by atoms with Crippen LogP contribution >= 0.6 is 0 Å². The summed E-state index contributed by atoms with van der Waals surface area (Å²) in [6, 6.07) is 14.8. The molecule has 0 spiro atoms. The van der Waals surface area contributed by atoms with Crippen LogP contribution in [-0.4, -0.2) is 14.7 Å². The molecule has 1 aromatic heterocycles. The smallest absolute Gasteiger partial charge is 0.269 e. The van der Waals surface area contributed by atoms with Crippen LogP contribution in [0.2, 0.25) is 0 Å². The molecule has 6 nitrogen and oxygen atoms in total. The lowest BCUT2D eigenvalue weighted by Gasteiger charge is -2.09. The van der Waals surface area contributed by atoms with Crippen molar-refractivity contribution in [1.82, 2.24) is 9.78 Å². The molecule has 24 heavy (non-hydrogen) atoms. The Morgan fingerprint density at radius 1 is 1.21 bits per heavy atom. The van der Waals surface area contributed by atoms with E-state index < -0.39 is 0 Å². The summed E-state index contributed by atoms with van der Waals surface area (Å²) in [4.78, 5) is 10.4. The number of nitrogens with one attached hydrogen (secondary N) is 1. The molecular weight excluding hydrogens is 304 g/mol. The van der Waals surface area contributed by atoms with Crippen LogP contribution in [0.4, 0.5) is 11.4 Å². The Labute approximate surface area is 139 Å². The molecule has 0 atom stereocenters. The highest BCUT2D eigenvalue weighted by molar-refractivity contribution is 5.63. The third-order valence-electron chi connectivity index (χ3n) is 3.84. The molecule has 1 N–H and O–H groups in total. The van der Waals surface area contributed by atoms with Crippen LogP contribution in [0, 0.1) is 17.0 Å². The fourth-order valence-corrected chi connectivity index (χ4v) is 2.66. The summed E-state index contributed by atoms with van der Waals surface area (Å²) in [5.41, 5.74) is 4.89. The van der Waals surface area contributed by atoms with Crippen LogP contribution in [0.15, 0.2) is 54.7 Å². The van der Waals surface area contributed by atoms with E-state index in [0.29, 0.717) is 6.54 Å². The first-order valence-electron chi connectivity index (χ1n) is 7.61. The van der Waals surface area contributed by atoms with Crippen LogP contribution in [0.1, 0.15) is 11.1 Å².